The molecule has 0 saturated heterocycles. The molecule has 8 heteroatoms. The number of hydrogen-bond donors (Lipinski definition) is 1. The topological polar surface area (TPSA) is 99.1 Å². The van der Waals surface area contributed by atoms with Crippen LogP contribution in [0.4, 0.5) is 0 Å². The average molecular weight is 545 g/mol. The van der Waals surface area contributed by atoms with E-state index < -0.39 is 24.1 Å². The number of unbranched alkanes of at least 4 members (excludes halogenated alkanes) is 10. The summed E-state index contributed by atoms with van der Waals surface area (Å²) in [6.45, 7) is 6.59. The van der Waals surface area contributed by atoms with Gasteiger partial charge in [0.15, 0.2) is 6.61 Å². The highest BCUT2D eigenvalue weighted by Gasteiger charge is 2.28. The Morgan fingerprint density at radius 2 is 1.26 bits per heavy atom. The summed E-state index contributed by atoms with van der Waals surface area (Å²) in [5.41, 5.74) is 0. The summed E-state index contributed by atoms with van der Waals surface area (Å²) in [5, 5.41) is 9.55. The van der Waals surface area contributed by atoms with Crippen molar-refractivity contribution in [3.8, 4) is 0 Å². The summed E-state index contributed by atoms with van der Waals surface area (Å²) in [5.74, 6) is -1.74. The number of carboxylic acids is 1. The van der Waals surface area contributed by atoms with Gasteiger partial charge in [0.1, 0.15) is 5.92 Å². The minimum absolute atomic E-state index is 0.132. The first-order valence-electron chi connectivity index (χ1n) is 14.9. The summed E-state index contributed by atoms with van der Waals surface area (Å²) < 4.78 is 16.8. The SMILES string of the molecule is CCCCCC(=O)O[C@H](COC(=O)CCCCCCCCCCCC(C)C)OC[C@H](C[N+](C)(C)C)C(=O)O. The molecule has 0 aromatic heterocycles. The van der Waals surface area contributed by atoms with Gasteiger partial charge in [0.2, 0.25) is 6.29 Å². The Morgan fingerprint density at radius 1 is 0.737 bits per heavy atom. The van der Waals surface area contributed by atoms with Gasteiger partial charge in [-0.25, -0.2) is 0 Å². The van der Waals surface area contributed by atoms with E-state index in [0.717, 1.165) is 38.0 Å². The monoisotopic (exact) mass is 544 g/mol. The van der Waals surface area contributed by atoms with Gasteiger partial charge in [0.25, 0.3) is 0 Å². The summed E-state index contributed by atoms with van der Waals surface area (Å²) >= 11 is 0. The highest BCUT2D eigenvalue weighted by molar-refractivity contribution is 5.71. The second-order valence-electron chi connectivity index (χ2n) is 12.0. The number of rotatable bonds is 25. The fourth-order valence-corrected chi connectivity index (χ4v) is 4.22. The molecule has 224 valence electrons. The van der Waals surface area contributed by atoms with Crippen molar-refractivity contribution in [2.75, 3.05) is 40.9 Å². The zero-order valence-corrected chi connectivity index (χ0v) is 25.3. The van der Waals surface area contributed by atoms with Gasteiger partial charge in [-0.2, -0.15) is 0 Å². The minimum atomic E-state index is -1.11. The fraction of sp³-hybridized carbons (Fsp3) is 0.900. The van der Waals surface area contributed by atoms with Crippen LogP contribution >= 0.6 is 0 Å². The van der Waals surface area contributed by atoms with Crippen molar-refractivity contribution in [3.05, 3.63) is 0 Å². The molecule has 0 bridgehead atoms. The third-order valence-corrected chi connectivity index (χ3v) is 6.39. The molecule has 0 unspecified atom stereocenters. The second-order valence-corrected chi connectivity index (χ2v) is 12.0. The van der Waals surface area contributed by atoms with E-state index in [1.165, 1.54) is 44.9 Å². The average Bonchev–Trinajstić information content (AvgIpc) is 2.82. The van der Waals surface area contributed by atoms with Gasteiger partial charge in [-0.3, -0.25) is 14.4 Å². The molecule has 0 aliphatic rings. The second kappa shape index (κ2) is 22.2. The molecule has 2 atom stereocenters. The molecule has 0 rings (SSSR count). The zero-order chi connectivity index (χ0) is 28.8. The van der Waals surface area contributed by atoms with E-state index in [9.17, 15) is 19.5 Å². The number of carboxylic acid groups (broad SMARTS) is 1. The van der Waals surface area contributed by atoms with Crippen LogP contribution in [0.1, 0.15) is 117 Å². The number of carbonyl (C=O) groups is 3. The Labute approximate surface area is 232 Å². The van der Waals surface area contributed by atoms with Crippen LogP contribution in [-0.4, -0.2) is 74.7 Å². The standard InChI is InChI=1S/C30H57NO7/c1-7-8-16-21-28(33)38-29(37-23-26(30(34)35)22-31(4,5)6)24-36-27(32)20-18-15-13-11-9-10-12-14-17-19-25(2)3/h25-26,29H,7-24H2,1-6H3/p+1/t26-,29+/m0/s1. The van der Waals surface area contributed by atoms with Crippen LogP contribution in [0.2, 0.25) is 0 Å². The molecule has 0 aliphatic heterocycles. The fourth-order valence-electron chi connectivity index (χ4n) is 4.22. The van der Waals surface area contributed by atoms with Crippen molar-refractivity contribution in [1.82, 2.24) is 0 Å². The van der Waals surface area contributed by atoms with Gasteiger partial charge >= 0.3 is 17.9 Å². The molecule has 1 N–H and O–H groups in total. The predicted octanol–water partition coefficient (Wildman–Crippen LogP) is 6.35. The number of ether oxygens (including phenoxy) is 3. The molecule has 0 fully saturated rings. The van der Waals surface area contributed by atoms with Gasteiger partial charge in [0, 0.05) is 12.8 Å². The van der Waals surface area contributed by atoms with E-state index >= 15 is 0 Å². The molecule has 0 amide bonds. The number of carbonyl (C=O) groups excluding carboxylic acids is 2. The van der Waals surface area contributed by atoms with Crippen molar-refractivity contribution < 1.29 is 38.2 Å². The van der Waals surface area contributed by atoms with Crippen molar-refractivity contribution in [2.45, 2.75) is 123 Å². The van der Waals surface area contributed by atoms with Crippen molar-refractivity contribution in [1.29, 1.82) is 0 Å². The highest BCUT2D eigenvalue weighted by atomic mass is 16.7. The summed E-state index contributed by atoms with van der Waals surface area (Å²) in [7, 11) is 5.70. The van der Waals surface area contributed by atoms with E-state index in [1.54, 1.807) is 0 Å². The molecule has 0 radical (unpaired) electrons. The molecule has 0 aromatic rings. The maximum Gasteiger partial charge on any atom is 0.314 e. The van der Waals surface area contributed by atoms with Crippen LogP contribution in [0.15, 0.2) is 0 Å². The molecule has 0 aliphatic carbocycles. The number of quaternary nitrogens is 1. The number of esters is 2. The zero-order valence-electron chi connectivity index (χ0n) is 25.3. The third-order valence-electron chi connectivity index (χ3n) is 6.39. The Kier molecular flexibility index (Phi) is 21.2. The Morgan fingerprint density at radius 3 is 1.79 bits per heavy atom. The summed E-state index contributed by atoms with van der Waals surface area (Å²) in [6, 6.07) is 0. The van der Waals surface area contributed by atoms with Crippen LogP contribution in [-0.2, 0) is 28.6 Å². The first-order valence-corrected chi connectivity index (χ1v) is 14.9. The first kappa shape index (κ1) is 36.3. The lowest BCUT2D eigenvalue weighted by molar-refractivity contribution is -0.873. The van der Waals surface area contributed by atoms with Gasteiger partial charge in [-0.15, -0.1) is 0 Å². The smallest absolute Gasteiger partial charge is 0.314 e. The first-order chi connectivity index (χ1) is 17.9. The normalized spacial score (nSPS) is 13.3. The van der Waals surface area contributed by atoms with E-state index in [4.69, 9.17) is 14.2 Å². The number of aliphatic carboxylic acids is 1. The third kappa shape index (κ3) is 23.4. The largest absolute Gasteiger partial charge is 0.481 e. The highest BCUT2D eigenvalue weighted by Crippen LogP contribution is 2.14. The number of nitrogens with zero attached hydrogens (tertiary/aromatic N) is 1. The van der Waals surface area contributed by atoms with Gasteiger partial charge in [0.05, 0.1) is 34.3 Å². The minimum Gasteiger partial charge on any atom is -0.481 e. The lowest BCUT2D eigenvalue weighted by Gasteiger charge is -2.28. The molecule has 0 aromatic carbocycles. The molecular weight excluding hydrogens is 486 g/mol. The van der Waals surface area contributed by atoms with Crippen molar-refractivity contribution >= 4 is 17.9 Å². The summed E-state index contributed by atoms with van der Waals surface area (Å²) in [4.78, 5) is 36.1. The maximum atomic E-state index is 12.2. The number of hydrogen-bond acceptors (Lipinski definition) is 6. The van der Waals surface area contributed by atoms with Crippen LogP contribution in [0.25, 0.3) is 0 Å². The maximum absolute atomic E-state index is 12.2. The Hall–Kier alpha value is -1.67. The molecular formula is C30H58NO7+. The Bertz CT molecular complexity index is 631. The van der Waals surface area contributed by atoms with Crippen LogP contribution in [0, 0.1) is 11.8 Å². The molecule has 0 heterocycles. The molecule has 38 heavy (non-hydrogen) atoms. The van der Waals surface area contributed by atoms with E-state index in [1.807, 2.05) is 28.1 Å². The van der Waals surface area contributed by atoms with Gasteiger partial charge < -0.3 is 23.8 Å². The van der Waals surface area contributed by atoms with Crippen molar-refractivity contribution in [3.63, 3.8) is 0 Å². The van der Waals surface area contributed by atoms with Gasteiger partial charge in [-0.05, 0) is 18.8 Å². The quantitative estimate of drug-likeness (QED) is 0.0619. The predicted molar refractivity (Wildman–Crippen MR) is 151 cm³/mol. The lowest BCUT2D eigenvalue weighted by Crippen LogP contribution is -2.44. The molecule has 0 saturated carbocycles. The summed E-state index contributed by atoms with van der Waals surface area (Å²) in [6.07, 6.45) is 14.0. The Balaban J connectivity index is 4.37. The molecule has 8 nitrogen and oxygen atoms in total. The lowest BCUT2D eigenvalue weighted by atomic mass is 10.0. The van der Waals surface area contributed by atoms with E-state index in [0.29, 0.717) is 23.9 Å². The van der Waals surface area contributed by atoms with Crippen LogP contribution in [0.3, 0.4) is 0 Å². The van der Waals surface area contributed by atoms with Crippen LogP contribution in [0.5, 0.6) is 0 Å². The van der Waals surface area contributed by atoms with Crippen molar-refractivity contribution in [2.24, 2.45) is 11.8 Å². The van der Waals surface area contributed by atoms with Crippen LogP contribution < -0.4 is 0 Å². The molecule has 0 spiro atoms. The van der Waals surface area contributed by atoms with Gasteiger partial charge in [-0.1, -0.05) is 91.4 Å². The van der Waals surface area contributed by atoms with E-state index in [-0.39, 0.29) is 25.6 Å². The van der Waals surface area contributed by atoms with E-state index in [2.05, 4.69) is 13.8 Å².